The van der Waals surface area contributed by atoms with E-state index in [1.165, 1.54) is 12.8 Å². The molecular formula is C21H30ClN3O3S. The molecule has 6 rings (SSSR count). The van der Waals surface area contributed by atoms with E-state index in [9.17, 15) is 8.42 Å². The Hall–Kier alpha value is -0.860. The van der Waals surface area contributed by atoms with Gasteiger partial charge in [0.15, 0.2) is 0 Å². The summed E-state index contributed by atoms with van der Waals surface area (Å²) >= 11 is 6.18. The summed E-state index contributed by atoms with van der Waals surface area (Å²) in [6.07, 6.45) is 8.20. The van der Waals surface area contributed by atoms with Gasteiger partial charge in [0.05, 0.1) is 18.4 Å². The van der Waals surface area contributed by atoms with E-state index in [4.69, 9.17) is 16.3 Å². The van der Waals surface area contributed by atoms with E-state index in [0.717, 1.165) is 51.8 Å². The zero-order valence-corrected chi connectivity index (χ0v) is 18.5. The fourth-order valence-corrected chi connectivity index (χ4v) is 7.64. The van der Waals surface area contributed by atoms with Crippen molar-refractivity contribution in [2.75, 3.05) is 32.1 Å². The van der Waals surface area contributed by atoms with Gasteiger partial charge in [-0.25, -0.2) is 13.1 Å². The zero-order chi connectivity index (χ0) is 20.3. The third-order valence-electron chi connectivity index (χ3n) is 7.62. The molecule has 3 aliphatic heterocycles. The highest BCUT2D eigenvalue weighted by atomic mass is 35.5. The van der Waals surface area contributed by atoms with Gasteiger partial charge in [-0.3, -0.25) is 4.90 Å². The highest BCUT2D eigenvalue weighted by Gasteiger charge is 2.51. The summed E-state index contributed by atoms with van der Waals surface area (Å²) in [6, 6.07) is 5.01. The Labute approximate surface area is 178 Å². The van der Waals surface area contributed by atoms with Crippen molar-refractivity contribution >= 4 is 27.3 Å². The van der Waals surface area contributed by atoms with Gasteiger partial charge in [0, 0.05) is 35.1 Å². The summed E-state index contributed by atoms with van der Waals surface area (Å²) in [4.78, 5) is 2.60. The molecule has 0 radical (unpaired) electrons. The van der Waals surface area contributed by atoms with Crippen molar-refractivity contribution in [2.24, 2.45) is 5.41 Å². The van der Waals surface area contributed by atoms with Crippen molar-refractivity contribution in [3.05, 3.63) is 23.2 Å². The highest BCUT2D eigenvalue weighted by molar-refractivity contribution is 7.89. The van der Waals surface area contributed by atoms with Crippen LogP contribution in [0.4, 0.5) is 5.69 Å². The van der Waals surface area contributed by atoms with Crippen LogP contribution in [-0.2, 0) is 14.8 Å². The van der Waals surface area contributed by atoms with Crippen LogP contribution in [0.5, 0.6) is 0 Å². The van der Waals surface area contributed by atoms with Crippen LogP contribution < -0.4 is 10.0 Å². The van der Waals surface area contributed by atoms with Crippen molar-refractivity contribution in [1.82, 2.24) is 9.62 Å². The summed E-state index contributed by atoms with van der Waals surface area (Å²) in [5.41, 5.74) is 0.945. The summed E-state index contributed by atoms with van der Waals surface area (Å²) in [5.74, 6) is 0. The Morgan fingerprint density at radius 3 is 2.69 bits per heavy atom. The molecule has 1 spiro atoms. The quantitative estimate of drug-likeness (QED) is 0.712. The standard InChI is InChI=1S/C21H30ClN3O3S/c1-25-12-16(9-21(25)6-2-3-7-21)24-29(26,27)19-8-15(22)4-5-18(19)23-13-20-10-17(11-20)28-14-20/h4-5,8,16-17,23-24H,2-3,6-7,9-14H2,1H3. The lowest BCUT2D eigenvalue weighted by Crippen LogP contribution is -2.39. The van der Waals surface area contributed by atoms with Crippen molar-refractivity contribution in [1.29, 1.82) is 0 Å². The Morgan fingerprint density at radius 1 is 1.24 bits per heavy atom. The molecule has 160 valence electrons. The van der Waals surface area contributed by atoms with Crippen LogP contribution in [0.25, 0.3) is 0 Å². The average Bonchev–Trinajstić information content (AvgIpc) is 3.40. The molecule has 29 heavy (non-hydrogen) atoms. The number of halogens is 1. The van der Waals surface area contributed by atoms with Crippen molar-refractivity contribution < 1.29 is 13.2 Å². The summed E-state index contributed by atoms with van der Waals surface area (Å²) in [7, 11) is -1.55. The number of likely N-dealkylation sites (tertiary alicyclic amines) is 1. The minimum absolute atomic E-state index is 0.0656. The third kappa shape index (κ3) is 3.59. The van der Waals surface area contributed by atoms with E-state index >= 15 is 0 Å². The summed E-state index contributed by atoms with van der Waals surface area (Å²) in [6.45, 7) is 2.24. The van der Waals surface area contributed by atoms with Gasteiger partial charge in [0.25, 0.3) is 0 Å². The molecule has 1 unspecified atom stereocenters. The van der Waals surface area contributed by atoms with Crippen LogP contribution in [0.2, 0.25) is 5.02 Å². The van der Waals surface area contributed by atoms with E-state index < -0.39 is 10.0 Å². The van der Waals surface area contributed by atoms with Gasteiger partial charge in [0.1, 0.15) is 4.90 Å². The first kappa shape index (κ1) is 20.1. The topological polar surface area (TPSA) is 70.7 Å². The number of nitrogens with one attached hydrogen (secondary N) is 2. The molecule has 1 aromatic carbocycles. The maximum Gasteiger partial charge on any atom is 0.242 e. The molecule has 5 aliphatic rings. The van der Waals surface area contributed by atoms with E-state index in [1.807, 2.05) is 0 Å². The second-order valence-electron chi connectivity index (χ2n) is 9.67. The number of anilines is 1. The van der Waals surface area contributed by atoms with Crippen LogP contribution in [0.15, 0.2) is 23.1 Å². The fraction of sp³-hybridized carbons (Fsp3) is 0.714. The lowest BCUT2D eigenvalue weighted by molar-refractivity contribution is 0.114. The second kappa shape index (κ2) is 7.09. The van der Waals surface area contributed by atoms with Gasteiger partial charge in [0.2, 0.25) is 10.0 Å². The number of ether oxygens (including phenoxy) is 1. The molecule has 2 bridgehead atoms. The lowest BCUT2D eigenvalue weighted by Gasteiger charge is -2.35. The van der Waals surface area contributed by atoms with Gasteiger partial charge in [-0.1, -0.05) is 24.4 Å². The molecule has 2 aliphatic carbocycles. The normalized spacial score (nSPS) is 33.3. The molecule has 0 amide bonds. The molecular weight excluding hydrogens is 410 g/mol. The first-order valence-corrected chi connectivity index (χ1v) is 12.5. The Morgan fingerprint density at radius 2 is 2.00 bits per heavy atom. The Kier molecular flexibility index (Phi) is 4.91. The molecule has 1 aromatic rings. The van der Waals surface area contributed by atoms with Crippen LogP contribution in [0.1, 0.15) is 44.9 Å². The van der Waals surface area contributed by atoms with E-state index in [2.05, 4.69) is 22.0 Å². The molecule has 0 aromatic heterocycles. The van der Waals surface area contributed by atoms with Gasteiger partial charge in [-0.05, 0) is 57.4 Å². The minimum Gasteiger partial charge on any atom is -0.383 e. The largest absolute Gasteiger partial charge is 0.383 e. The molecule has 1 atom stereocenters. The van der Waals surface area contributed by atoms with Gasteiger partial charge in [-0.15, -0.1) is 0 Å². The molecule has 2 saturated carbocycles. The number of sulfonamides is 1. The smallest absolute Gasteiger partial charge is 0.242 e. The number of rotatable bonds is 6. The van der Waals surface area contributed by atoms with Crippen LogP contribution in [-0.4, -0.2) is 57.7 Å². The van der Waals surface area contributed by atoms with Crippen LogP contribution in [0.3, 0.4) is 0 Å². The fourth-order valence-electron chi connectivity index (χ4n) is 5.96. The van der Waals surface area contributed by atoms with E-state index in [0.29, 0.717) is 16.8 Å². The highest BCUT2D eigenvalue weighted by Crippen LogP contribution is 2.50. The Balaban J connectivity index is 1.33. The minimum atomic E-state index is -3.67. The number of hydrogen-bond donors (Lipinski definition) is 2. The van der Waals surface area contributed by atoms with Crippen LogP contribution >= 0.6 is 11.6 Å². The monoisotopic (exact) mass is 439 g/mol. The van der Waals surface area contributed by atoms with Crippen LogP contribution in [0, 0.1) is 5.41 Å². The predicted octanol–water partition coefficient (Wildman–Crippen LogP) is 3.23. The van der Waals surface area contributed by atoms with Gasteiger partial charge < -0.3 is 10.1 Å². The maximum absolute atomic E-state index is 13.3. The number of nitrogens with zero attached hydrogens (tertiary/aromatic N) is 1. The molecule has 3 saturated heterocycles. The molecule has 3 heterocycles. The Bertz CT molecular complexity index is 889. The second-order valence-corrected chi connectivity index (χ2v) is 11.8. The number of benzene rings is 1. The van der Waals surface area contributed by atoms with Crippen molar-refractivity contribution in [3.63, 3.8) is 0 Å². The first-order valence-electron chi connectivity index (χ1n) is 10.7. The van der Waals surface area contributed by atoms with E-state index in [-0.39, 0.29) is 21.9 Å². The zero-order valence-electron chi connectivity index (χ0n) is 16.9. The SMILES string of the molecule is CN1CC(NS(=O)(=O)c2cc(Cl)ccc2NCC23COC(C2)C3)CC12CCCC2. The molecule has 6 nitrogen and oxygen atoms in total. The number of hydrogen-bond acceptors (Lipinski definition) is 5. The number of fused-ring (bicyclic) bond motifs is 1. The van der Waals surface area contributed by atoms with Crippen molar-refractivity contribution in [3.8, 4) is 0 Å². The molecule has 5 fully saturated rings. The van der Waals surface area contributed by atoms with Gasteiger partial charge in [-0.2, -0.15) is 0 Å². The summed E-state index contributed by atoms with van der Waals surface area (Å²) in [5, 5.41) is 3.81. The first-order chi connectivity index (χ1) is 13.8. The van der Waals surface area contributed by atoms with Crippen molar-refractivity contribution in [2.45, 2.75) is 67.5 Å². The predicted molar refractivity (Wildman–Crippen MR) is 114 cm³/mol. The average molecular weight is 440 g/mol. The number of likely N-dealkylation sites (N-methyl/N-ethyl adjacent to an activating group) is 1. The molecule has 2 N–H and O–H groups in total. The van der Waals surface area contributed by atoms with Gasteiger partial charge >= 0.3 is 0 Å². The maximum atomic E-state index is 13.3. The molecule has 8 heteroatoms. The van der Waals surface area contributed by atoms with E-state index in [1.54, 1.807) is 18.2 Å². The third-order valence-corrected chi connectivity index (χ3v) is 9.42. The lowest BCUT2D eigenvalue weighted by atomic mass is 9.70. The summed E-state index contributed by atoms with van der Waals surface area (Å²) < 4.78 is 35.3.